The normalized spacial score (nSPS) is 10.9. The Balaban J connectivity index is 2.35. The molecule has 0 amide bonds. The second kappa shape index (κ2) is 3.55. The van der Waals surface area contributed by atoms with E-state index in [4.69, 9.17) is 5.73 Å². The zero-order valence-corrected chi connectivity index (χ0v) is 9.33. The van der Waals surface area contributed by atoms with Crippen LogP contribution < -0.4 is 5.73 Å². The van der Waals surface area contributed by atoms with Crippen LogP contribution in [0.5, 0.6) is 0 Å². The Morgan fingerprint density at radius 3 is 2.59 bits per heavy atom. The summed E-state index contributed by atoms with van der Waals surface area (Å²) in [6, 6.07) is 7.51. The molecule has 0 atom stereocenters. The Morgan fingerprint density at radius 2 is 1.82 bits per heavy atom. The van der Waals surface area contributed by atoms with E-state index in [0.29, 0.717) is 0 Å². The first-order chi connectivity index (χ1) is 8.27. The van der Waals surface area contributed by atoms with Crippen LogP contribution in [0.3, 0.4) is 0 Å². The van der Waals surface area contributed by atoms with Gasteiger partial charge >= 0.3 is 0 Å². The van der Waals surface area contributed by atoms with Crippen molar-refractivity contribution in [2.45, 2.75) is 6.92 Å². The van der Waals surface area contributed by atoms with Gasteiger partial charge in [0, 0.05) is 23.7 Å². The molecule has 5 heteroatoms. The third kappa shape index (κ3) is 1.44. The van der Waals surface area contributed by atoms with Crippen LogP contribution in [-0.2, 0) is 0 Å². The van der Waals surface area contributed by atoms with Gasteiger partial charge in [0.05, 0.1) is 5.69 Å². The molecule has 84 valence electrons. The third-order valence-electron chi connectivity index (χ3n) is 2.79. The van der Waals surface area contributed by atoms with Crippen LogP contribution in [0.1, 0.15) is 5.69 Å². The Labute approximate surface area is 97.9 Å². The summed E-state index contributed by atoms with van der Waals surface area (Å²) >= 11 is 0. The van der Waals surface area contributed by atoms with Crippen LogP contribution >= 0.6 is 0 Å². The summed E-state index contributed by atoms with van der Waals surface area (Å²) in [7, 11) is 0. The van der Waals surface area contributed by atoms with Gasteiger partial charge in [-0.3, -0.25) is 9.38 Å². The number of nitrogen functional groups attached to an aromatic ring is 1. The van der Waals surface area contributed by atoms with Gasteiger partial charge in [0.1, 0.15) is 0 Å². The molecule has 0 unspecified atom stereocenters. The van der Waals surface area contributed by atoms with E-state index in [2.05, 4.69) is 15.2 Å². The molecule has 17 heavy (non-hydrogen) atoms. The number of nitrogens with zero attached hydrogens (tertiary/aromatic N) is 4. The number of aryl methyl sites for hydroxylation is 1. The number of aromatic nitrogens is 4. The Bertz CT molecular complexity index is 672. The molecule has 3 aromatic rings. The fraction of sp³-hybridized carbons (Fsp3) is 0.0833. The van der Waals surface area contributed by atoms with Gasteiger partial charge in [0.15, 0.2) is 11.5 Å². The maximum atomic E-state index is 5.90. The van der Waals surface area contributed by atoms with Gasteiger partial charge in [0.25, 0.3) is 0 Å². The standard InChI is InChI=1S/C12H11N5/c1-8-10(13)2-3-11-15-16-12(17(8)11)9-4-6-14-7-5-9/h2-7H,13H2,1H3. The highest BCUT2D eigenvalue weighted by molar-refractivity contribution is 5.62. The van der Waals surface area contributed by atoms with E-state index in [9.17, 15) is 0 Å². The summed E-state index contributed by atoms with van der Waals surface area (Å²) in [5.41, 5.74) is 9.34. The van der Waals surface area contributed by atoms with Gasteiger partial charge in [0.2, 0.25) is 0 Å². The highest BCUT2D eigenvalue weighted by Crippen LogP contribution is 2.21. The van der Waals surface area contributed by atoms with E-state index < -0.39 is 0 Å². The van der Waals surface area contributed by atoms with Crippen molar-refractivity contribution in [2.75, 3.05) is 5.73 Å². The highest BCUT2D eigenvalue weighted by Gasteiger charge is 2.10. The van der Waals surface area contributed by atoms with Gasteiger partial charge in [-0.2, -0.15) is 0 Å². The molecule has 0 fully saturated rings. The summed E-state index contributed by atoms with van der Waals surface area (Å²) in [6.45, 7) is 1.95. The van der Waals surface area contributed by atoms with E-state index in [1.54, 1.807) is 12.4 Å². The number of nitrogens with two attached hydrogens (primary N) is 1. The largest absolute Gasteiger partial charge is 0.397 e. The predicted molar refractivity (Wildman–Crippen MR) is 65.4 cm³/mol. The molecule has 0 radical (unpaired) electrons. The minimum absolute atomic E-state index is 0.729. The van der Waals surface area contributed by atoms with E-state index in [0.717, 1.165) is 28.4 Å². The number of pyridine rings is 2. The molecule has 2 N–H and O–H groups in total. The van der Waals surface area contributed by atoms with E-state index >= 15 is 0 Å². The number of rotatable bonds is 1. The molecule has 0 aliphatic heterocycles. The molecule has 3 rings (SSSR count). The first-order valence-corrected chi connectivity index (χ1v) is 5.28. The second-order valence-electron chi connectivity index (χ2n) is 3.83. The van der Waals surface area contributed by atoms with E-state index in [1.165, 1.54) is 0 Å². The van der Waals surface area contributed by atoms with E-state index in [1.807, 2.05) is 35.6 Å². The monoisotopic (exact) mass is 225 g/mol. The maximum Gasteiger partial charge on any atom is 0.168 e. The fourth-order valence-corrected chi connectivity index (χ4v) is 1.84. The van der Waals surface area contributed by atoms with Gasteiger partial charge in [-0.15, -0.1) is 10.2 Å². The molecule has 0 aromatic carbocycles. The van der Waals surface area contributed by atoms with Crippen molar-refractivity contribution in [3.63, 3.8) is 0 Å². The van der Waals surface area contributed by atoms with Crippen LogP contribution in [0.2, 0.25) is 0 Å². The fourth-order valence-electron chi connectivity index (χ4n) is 1.84. The van der Waals surface area contributed by atoms with Crippen LogP contribution in [0.4, 0.5) is 5.69 Å². The summed E-state index contributed by atoms with van der Waals surface area (Å²) in [6.07, 6.45) is 3.47. The van der Waals surface area contributed by atoms with Gasteiger partial charge in [-0.25, -0.2) is 0 Å². The van der Waals surface area contributed by atoms with Gasteiger partial charge in [-0.1, -0.05) is 0 Å². The summed E-state index contributed by atoms with van der Waals surface area (Å²) in [5, 5.41) is 8.33. The molecule has 3 heterocycles. The molecule has 0 aliphatic rings. The molecular weight excluding hydrogens is 214 g/mol. The van der Waals surface area contributed by atoms with E-state index in [-0.39, 0.29) is 0 Å². The molecule has 0 saturated carbocycles. The number of hydrogen-bond donors (Lipinski definition) is 1. The van der Waals surface area contributed by atoms with Crippen molar-refractivity contribution >= 4 is 11.3 Å². The summed E-state index contributed by atoms with van der Waals surface area (Å²) < 4.78 is 1.95. The molecular formula is C12H11N5. The Kier molecular flexibility index (Phi) is 2.04. The first-order valence-electron chi connectivity index (χ1n) is 5.28. The molecule has 0 saturated heterocycles. The van der Waals surface area contributed by atoms with Crippen molar-refractivity contribution in [2.24, 2.45) is 0 Å². The molecule has 3 aromatic heterocycles. The smallest absolute Gasteiger partial charge is 0.168 e. The molecule has 0 aliphatic carbocycles. The highest BCUT2D eigenvalue weighted by atomic mass is 15.3. The lowest BCUT2D eigenvalue weighted by molar-refractivity contribution is 1.08. The van der Waals surface area contributed by atoms with Crippen molar-refractivity contribution < 1.29 is 0 Å². The SMILES string of the molecule is Cc1c(N)ccc2nnc(-c3ccncc3)n12. The predicted octanol–water partition coefficient (Wildman–Crippen LogP) is 1.68. The van der Waals surface area contributed by atoms with Crippen LogP contribution in [0.25, 0.3) is 17.0 Å². The van der Waals surface area contributed by atoms with Crippen molar-refractivity contribution in [1.29, 1.82) is 0 Å². The Hall–Kier alpha value is -2.43. The molecule has 0 bridgehead atoms. The molecule has 5 nitrogen and oxygen atoms in total. The first kappa shape index (κ1) is 9.77. The van der Waals surface area contributed by atoms with Crippen LogP contribution in [0, 0.1) is 6.92 Å². The molecule has 0 spiro atoms. The summed E-state index contributed by atoms with van der Waals surface area (Å²) in [4.78, 5) is 3.99. The second-order valence-corrected chi connectivity index (χ2v) is 3.83. The lowest BCUT2D eigenvalue weighted by Crippen LogP contribution is -1.99. The number of hydrogen-bond acceptors (Lipinski definition) is 4. The van der Waals surface area contributed by atoms with Crippen molar-refractivity contribution in [3.8, 4) is 11.4 Å². The van der Waals surface area contributed by atoms with Gasteiger partial charge < -0.3 is 5.73 Å². The summed E-state index contributed by atoms with van der Waals surface area (Å²) in [5.74, 6) is 0.784. The number of fused-ring (bicyclic) bond motifs is 1. The van der Waals surface area contributed by atoms with Crippen LogP contribution in [-0.4, -0.2) is 19.6 Å². The van der Waals surface area contributed by atoms with Crippen molar-refractivity contribution in [3.05, 3.63) is 42.4 Å². The minimum atomic E-state index is 0.729. The quantitative estimate of drug-likeness (QED) is 0.684. The zero-order chi connectivity index (χ0) is 11.8. The Morgan fingerprint density at radius 1 is 1.06 bits per heavy atom. The lowest BCUT2D eigenvalue weighted by Gasteiger charge is -2.05. The number of anilines is 1. The lowest BCUT2D eigenvalue weighted by atomic mass is 10.2. The third-order valence-corrected chi connectivity index (χ3v) is 2.79. The zero-order valence-electron chi connectivity index (χ0n) is 9.33. The average Bonchev–Trinajstić information content (AvgIpc) is 2.79. The van der Waals surface area contributed by atoms with Gasteiger partial charge in [-0.05, 0) is 31.2 Å². The minimum Gasteiger partial charge on any atom is -0.397 e. The van der Waals surface area contributed by atoms with Crippen molar-refractivity contribution in [1.82, 2.24) is 19.6 Å². The topological polar surface area (TPSA) is 69.1 Å². The maximum absolute atomic E-state index is 5.90. The van der Waals surface area contributed by atoms with Crippen LogP contribution in [0.15, 0.2) is 36.7 Å². The average molecular weight is 225 g/mol.